The number of carbonyl (C=O) groups excluding carboxylic acids is 1. The molecule has 3 aliphatic rings. The summed E-state index contributed by atoms with van der Waals surface area (Å²) in [6, 6.07) is 5.37. The molecule has 1 amide bonds. The van der Waals surface area contributed by atoms with E-state index in [1.165, 1.54) is 12.8 Å². The molecule has 4 nitrogen and oxygen atoms in total. The van der Waals surface area contributed by atoms with E-state index in [1.807, 2.05) is 0 Å². The van der Waals surface area contributed by atoms with Gasteiger partial charge in [0.15, 0.2) is 0 Å². The highest BCUT2D eigenvalue weighted by atomic mass is 35.5. The number of halogens is 2. The normalized spacial score (nSPS) is 26.9. The molecule has 3 heterocycles. The van der Waals surface area contributed by atoms with Crippen LogP contribution in [0.15, 0.2) is 18.2 Å². The lowest BCUT2D eigenvalue weighted by Crippen LogP contribution is -2.57. The third-order valence-corrected chi connectivity index (χ3v) is 4.61. The van der Waals surface area contributed by atoms with E-state index in [0.717, 1.165) is 19.6 Å². The van der Waals surface area contributed by atoms with Crippen LogP contribution in [-0.4, -0.2) is 43.6 Å². The van der Waals surface area contributed by atoms with Crippen molar-refractivity contribution in [3.05, 3.63) is 28.8 Å². The van der Waals surface area contributed by atoms with E-state index < -0.39 is 0 Å². The Hall–Kier alpha value is -0.970. The number of hydrogen-bond acceptors (Lipinski definition) is 3. The van der Waals surface area contributed by atoms with Crippen LogP contribution in [0.5, 0.6) is 5.75 Å². The zero-order chi connectivity index (χ0) is 14.1. The highest BCUT2D eigenvalue weighted by molar-refractivity contribution is 6.31. The van der Waals surface area contributed by atoms with Gasteiger partial charge in [0, 0.05) is 17.6 Å². The first-order valence-corrected chi connectivity index (χ1v) is 7.42. The van der Waals surface area contributed by atoms with E-state index >= 15 is 0 Å². The van der Waals surface area contributed by atoms with Crippen molar-refractivity contribution < 1.29 is 9.53 Å². The SMILES string of the molecule is COc1ccc(Cl)cc1C(=O)NC1CN2CCC1CC2.Cl. The van der Waals surface area contributed by atoms with Crippen molar-refractivity contribution in [2.24, 2.45) is 5.92 Å². The van der Waals surface area contributed by atoms with E-state index in [1.54, 1.807) is 25.3 Å². The third-order valence-electron chi connectivity index (χ3n) is 4.38. The van der Waals surface area contributed by atoms with Crippen LogP contribution >= 0.6 is 24.0 Å². The molecule has 6 heteroatoms. The second-order valence-electron chi connectivity index (χ2n) is 5.56. The predicted octanol–water partition coefficient (Wildman–Crippen LogP) is 2.59. The van der Waals surface area contributed by atoms with Gasteiger partial charge in [-0.05, 0) is 50.0 Å². The number of methoxy groups -OCH3 is 1. The number of rotatable bonds is 3. The molecule has 0 saturated carbocycles. The summed E-state index contributed by atoms with van der Waals surface area (Å²) in [7, 11) is 1.56. The lowest BCUT2D eigenvalue weighted by atomic mass is 9.84. The molecule has 1 N–H and O–H groups in total. The fourth-order valence-electron chi connectivity index (χ4n) is 3.23. The Bertz CT molecular complexity index is 516. The Morgan fingerprint density at radius 1 is 1.38 bits per heavy atom. The molecule has 1 atom stereocenters. The summed E-state index contributed by atoms with van der Waals surface area (Å²) in [5.41, 5.74) is 0.511. The molecule has 4 rings (SSSR count). The molecule has 2 bridgehead atoms. The van der Waals surface area contributed by atoms with E-state index in [4.69, 9.17) is 16.3 Å². The molecule has 1 aromatic rings. The number of fused-ring (bicyclic) bond motifs is 3. The molecule has 0 aliphatic carbocycles. The summed E-state index contributed by atoms with van der Waals surface area (Å²) in [5.74, 6) is 1.07. The topological polar surface area (TPSA) is 41.6 Å². The number of nitrogens with zero attached hydrogens (tertiary/aromatic N) is 1. The standard InChI is InChI=1S/C15H19ClN2O2.ClH/c1-20-14-3-2-11(16)8-12(14)15(19)17-13-9-18-6-4-10(13)5-7-18;/h2-3,8,10,13H,4-7,9H2,1H3,(H,17,19);1H. The predicted molar refractivity (Wildman–Crippen MR) is 85.7 cm³/mol. The minimum Gasteiger partial charge on any atom is -0.496 e. The number of benzene rings is 1. The highest BCUT2D eigenvalue weighted by Gasteiger charge is 2.35. The van der Waals surface area contributed by atoms with Gasteiger partial charge in [-0.1, -0.05) is 11.6 Å². The smallest absolute Gasteiger partial charge is 0.255 e. The summed E-state index contributed by atoms with van der Waals surface area (Å²) in [5, 5.41) is 3.70. The fraction of sp³-hybridized carbons (Fsp3) is 0.533. The van der Waals surface area contributed by atoms with Gasteiger partial charge in [0.25, 0.3) is 5.91 Å². The molecule has 0 aromatic heterocycles. The maximum absolute atomic E-state index is 12.5. The number of carbonyl (C=O) groups is 1. The molecule has 0 spiro atoms. The molecule has 21 heavy (non-hydrogen) atoms. The van der Waals surface area contributed by atoms with Gasteiger partial charge in [0.05, 0.1) is 12.7 Å². The number of amides is 1. The molecule has 3 fully saturated rings. The molecular formula is C15H20Cl2N2O2. The number of ether oxygens (including phenoxy) is 1. The molecule has 1 unspecified atom stereocenters. The monoisotopic (exact) mass is 330 g/mol. The summed E-state index contributed by atoms with van der Waals surface area (Å²) < 4.78 is 5.24. The minimum atomic E-state index is -0.0944. The van der Waals surface area contributed by atoms with Crippen molar-refractivity contribution in [3.63, 3.8) is 0 Å². The van der Waals surface area contributed by atoms with E-state index in [0.29, 0.717) is 22.3 Å². The van der Waals surface area contributed by atoms with E-state index in [9.17, 15) is 4.79 Å². The van der Waals surface area contributed by atoms with Crippen LogP contribution in [0.3, 0.4) is 0 Å². The Labute approximate surface area is 136 Å². The van der Waals surface area contributed by atoms with Crippen molar-refractivity contribution in [1.82, 2.24) is 10.2 Å². The summed E-state index contributed by atoms with van der Waals surface area (Å²) in [4.78, 5) is 14.9. The van der Waals surface area contributed by atoms with Gasteiger partial charge in [-0.2, -0.15) is 0 Å². The van der Waals surface area contributed by atoms with Gasteiger partial charge in [0.1, 0.15) is 5.75 Å². The van der Waals surface area contributed by atoms with Crippen molar-refractivity contribution in [2.75, 3.05) is 26.7 Å². The first-order valence-electron chi connectivity index (χ1n) is 7.04. The minimum absolute atomic E-state index is 0. The summed E-state index contributed by atoms with van der Waals surface area (Å²) in [6.45, 7) is 3.29. The average Bonchev–Trinajstić information content (AvgIpc) is 2.48. The summed E-state index contributed by atoms with van der Waals surface area (Å²) in [6.07, 6.45) is 2.36. The van der Waals surface area contributed by atoms with Gasteiger partial charge in [0.2, 0.25) is 0 Å². The van der Waals surface area contributed by atoms with Crippen LogP contribution in [0.4, 0.5) is 0 Å². The van der Waals surface area contributed by atoms with Crippen LogP contribution in [0.2, 0.25) is 5.02 Å². The first-order chi connectivity index (χ1) is 9.67. The zero-order valence-electron chi connectivity index (χ0n) is 12.0. The van der Waals surface area contributed by atoms with E-state index in [-0.39, 0.29) is 24.4 Å². The quantitative estimate of drug-likeness (QED) is 0.926. The van der Waals surface area contributed by atoms with Crippen LogP contribution in [0.25, 0.3) is 0 Å². The Kier molecular flexibility index (Phi) is 5.36. The van der Waals surface area contributed by atoms with E-state index in [2.05, 4.69) is 10.2 Å². The molecule has 0 radical (unpaired) electrons. The van der Waals surface area contributed by atoms with Crippen LogP contribution in [-0.2, 0) is 0 Å². The van der Waals surface area contributed by atoms with Gasteiger partial charge in [-0.25, -0.2) is 0 Å². The number of nitrogens with one attached hydrogen (secondary N) is 1. The Morgan fingerprint density at radius 3 is 2.67 bits per heavy atom. The molecular weight excluding hydrogens is 311 g/mol. The zero-order valence-corrected chi connectivity index (χ0v) is 13.5. The molecule has 3 aliphatic heterocycles. The third kappa shape index (κ3) is 3.44. The second kappa shape index (κ2) is 6.86. The van der Waals surface area contributed by atoms with Crippen LogP contribution in [0.1, 0.15) is 23.2 Å². The lowest BCUT2D eigenvalue weighted by molar-refractivity contribution is 0.0619. The maximum atomic E-state index is 12.5. The van der Waals surface area contributed by atoms with Gasteiger partial charge >= 0.3 is 0 Å². The fourth-order valence-corrected chi connectivity index (χ4v) is 3.40. The highest BCUT2D eigenvalue weighted by Crippen LogP contribution is 2.28. The van der Waals surface area contributed by atoms with Crippen LogP contribution < -0.4 is 10.1 Å². The Balaban J connectivity index is 0.00000161. The van der Waals surface area contributed by atoms with Gasteiger partial charge in [-0.3, -0.25) is 4.79 Å². The lowest BCUT2D eigenvalue weighted by Gasteiger charge is -2.44. The largest absolute Gasteiger partial charge is 0.496 e. The number of piperidine rings is 3. The summed E-state index contributed by atoms with van der Waals surface area (Å²) >= 11 is 5.98. The Morgan fingerprint density at radius 2 is 2.10 bits per heavy atom. The molecule has 3 saturated heterocycles. The number of hydrogen-bond donors (Lipinski definition) is 1. The van der Waals surface area contributed by atoms with Crippen molar-refractivity contribution in [3.8, 4) is 5.75 Å². The second-order valence-corrected chi connectivity index (χ2v) is 6.00. The molecule has 116 valence electrons. The van der Waals surface area contributed by atoms with Gasteiger partial charge in [-0.15, -0.1) is 12.4 Å². The van der Waals surface area contributed by atoms with Crippen molar-refractivity contribution in [1.29, 1.82) is 0 Å². The van der Waals surface area contributed by atoms with Crippen molar-refractivity contribution in [2.45, 2.75) is 18.9 Å². The van der Waals surface area contributed by atoms with Crippen LogP contribution in [0, 0.1) is 5.92 Å². The first kappa shape index (κ1) is 16.4. The average molecular weight is 331 g/mol. The van der Waals surface area contributed by atoms with Crippen molar-refractivity contribution >= 4 is 29.9 Å². The maximum Gasteiger partial charge on any atom is 0.255 e. The van der Waals surface area contributed by atoms with Gasteiger partial charge < -0.3 is 15.0 Å². The molecule has 1 aromatic carbocycles.